The largest absolute Gasteiger partial charge is 0.253 e. The van der Waals surface area contributed by atoms with Crippen molar-refractivity contribution in [1.82, 2.24) is 9.97 Å². The molecule has 0 saturated heterocycles. The number of fused-ring (bicyclic) bond motifs is 1. The molecule has 0 unspecified atom stereocenters. The molecule has 0 fully saturated rings. The number of para-hydroxylation sites is 2. The van der Waals surface area contributed by atoms with Crippen LogP contribution in [0.15, 0.2) is 30.5 Å². The van der Waals surface area contributed by atoms with Gasteiger partial charge in [0.05, 0.1) is 16.7 Å². The summed E-state index contributed by atoms with van der Waals surface area (Å²) in [7, 11) is 0. The standard InChI is InChI=1S/C9H8N2.5C2H6/c1-7-6-10-8-4-2-3-5-9(8)11-7;5*1-2/h2-6H,1H3;5*1-2H3. The first-order valence-electron chi connectivity index (χ1n) is 8.55. The first-order chi connectivity index (χ1) is 10.4. The Balaban J connectivity index is -0.000000124. The van der Waals surface area contributed by atoms with Crippen molar-refractivity contribution in [3.8, 4) is 0 Å². The lowest BCUT2D eigenvalue weighted by Crippen LogP contribution is -1.85. The lowest BCUT2D eigenvalue weighted by atomic mass is 10.3. The second-order valence-corrected chi connectivity index (χ2v) is 2.50. The minimum Gasteiger partial charge on any atom is -0.253 e. The van der Waals surface area contributed by atoms with Gasteiger partial charge in [-0.05, 0) is 19.1 Å². The van der Waals surface area contributed by atoms with E-state index in [0.29, 0.717) is 0 Å². The molecule has 1 heterocycles. The Morgan fingerprint density at radius 1 is 0.619 bits per heavy atom. The summed E-state index contributed by atoms with van der Waals surface area (Å²) in [6.07, 6.45) is 1.78. The van der Waals surface area contributed by atoms with Crippen molar-refractivity contribution in [2.75, 3.05) is 0 Å². The molecule has 0 aliphatic heterocycles. The molecule has 2 heteroatoms. The van der Waals surface area contributed by atoms with Crippen LogP contribution < -0.4 is 0 Å². The van der Waals surface area contributed by atoms with Gasteiger partial charge >= 0.3 is 0 Å². The highest BCUT2D eigenvalue weighted by molar-refractivity contribution is 5.73. The maximum absolute atomic E-state index is 4.31. The van der Waals surface area contributed by atoms with E-state index in [0.717, 1.165) is 16.7 Å². The van der Waals surface area contributed by atoms with Crippen molar-refractivity contribution in [3.63, 3.8) is 0 Å². The van der Waals surface area contributed by atoms with Crippen molar-refractivity contribution < 1.29 is 0 Å². The van der Waals surface area contributed by atoms with Crippen LogP contribution in [0.5, 0.6) is 0 Å². The lowest BCUT2D eigenvalue weighted by molar-refractivity contribution is 1.19. The molecule has 0 amide bonds. The summed E-state index contributed by atoms with van der Waals surface area (Å²) in [6.45, 7) is 21.9. The molecule has 2 nitrogen and oxygen atoms in total. The Morgan fingerprint density at radius 2 is 1.00 bits per heavy atom. The zero-order valence-electron chi connectivity index (χ0n) is 16.3. The third-order valence-corrected chi connectivity index (χ3v) is 1.57. The number of hydrogen-bond donors (Lipinski definition) is 0. The van der Waals surface area contributed by atoms with Gasteiger partial charge in [-0.3, -0.25) is 4.98 Å². The zero-order chi connectivity index (χ0) is 17.7. The van der Waals surface area contributed by atoms with Gasteiger partial charge in [-0.1, -0.05) is 81.4 Å². The number of hydrogen-bond acceptors (Lipinski definition) is 2. The molecule has 0 aliphatic rings. The van der Waals surface area contributed by atoms with Gasteiger partial charge in [0.25, 0.3) is 0 Å². The van der Waals surface area contributed by atoms with Gasteiger partial charge < -0.3 is 0 Å². The smallest absolute Gasteiger partial charge is 0.0889 e. The summed E-state index contributed by atoms with van der Waals surface area (Å²) in [6, 6.07) is 7.86. The molecule has 1 aromatic heterocycles. The van der Waals surface area contributed by atoms with Crippen LogP contribution in [0.25, 0.3) is 11.0 Å². The van der Waals surface area contributed by atoms with E-state index in [1.165, 1.54) is 0 Å². The monoisotopic (exact) mass is 294 g/mol. The molecular weight excluding hydrogens is 256 g/mol. The highest BCUT2D eigenvalue weighted by atomic mass is 14.8. The number of aromatic nitrogens is 2. The van der Waals surface area contributed by atoms with E-state index in [1.54, 1.807) is 6.20 Å². The average Bonchev–Trinajstić information content (AvgIpc) is 2.63. The minimum atomic E-state index is 0.957. The van der Waals surface area contributed by atoms with Crippen LogP contribution >= 0.6 is 0 Å². The van der Waals surface area contributed by atoms with E-state index >= 15 is 0 Å². The summed E-state index contributed by atoms with van der Waals surface area (Å²) >= 11 is 0. The summed E-state index contributed by atoms with van der Waals surface area (Å²) in [5.74, 6) is 0. The number of rotatable bonds is 0. The molecule has 0 radical (unpaired) electrons. The summed E-state index contributed by atoms with van der Waals surface area (Å²) in [5, 5.41) is 0. The Kier molecular flexibility index (Phi) is 35.8. The van der Waals surface area contributed by atoms with Crippen LogP contribution in [0.4, 0.5) is 0 Å². The second kappa shape index (κ2) is 27.0. The Labute approximate surface area is 134 Å². The predicted octanol–water partition coefficient (Wildman–Crippen LogP) is 7.07. The van der Waals surface area contributed by atoms with Gasteiger partial charge in [-0.25, -0.2) is 4.98 Å². The Bertz CT molecular complexity index is 384. The van der Waals surface area contributed by atoms with E-state index in [9.17, 15) is 0 Å². The van der Waals surface area contributed by atoms with E-state index in [2.05, 4.69) is 9.97 Å². The molecule has 124 valence electrons. The highest BCUT2D eigenvalue weighted by Crippen LogP contribution is 2.06. The first kappa shape index (κ1) is 27.8. The molecule has 0 saturated carbocycles. The molecule has 1 aromatic carbocycles. The van der Waals surface area contributed by atoms with Gasteiger partial charge in [0.1, 0.15) is 0 Å². The topological polar surface area (TPSA) is 25.8 Å². The van der Waals surface area contributed by atoms with E-state index in [1.807, 2.05) is 100 Å². The van der Waals surface area contributed by atoms with Gasteiger partial charge in [0.15, 0.2) is 0 Å². The normalized spacial score (nSPS) is 6.81. The molecule has 0 bridgehead atoms. The predicted molar refractivity (Wildman–Crippen MR) is 101 cm³/mol. The van der Waals surface area contributed by atoms with Crippen LogP contribution in [-0.2, 0) is 0 Å². The number of benzene rings is 1. The van der Waals surface area contributed by atoms with Crippen LogP contribution in [0.1, 0.15) is 74.9 Å². The average molecular weight is 295 g/mol. The van der Waals surface area contributed by atoms with Gasteiger partial charge in [0, 0.05) is 6.20 Å². The van der Waals surface area contributed by atoms with Crippen molar-refractivity contribution in [2.45, 2.75) is 76.2 Å². The quantitative estimate of drug-likeness (QED) is 0.519. The van der Waals surface area contributed by atoms with E-state index in [4.69, 9.17) is 0 Å². The molecule has 0 spiro atoms. The minimum absolute atomic E-state index is 0.957. The SMILES string of the molecule is CC.CC.CC.CC.CC.Cc1cnc2ccccc2n1. The lowest BCUT2D eigenvalue weighted by Gasteiger charge is -1.95. The molecule has 0 aliphatic carbocycles. The maximum atomic E-state index is 4.31. The molecule has 0 atom stereocenters. The Hall–Kier alpha value is -1.44. The van der Waals surface area contributed by atoms with Gasteiger partial charge in [-0.15, -0.1) is 0 Å². The second-order valence-electron chi connectivity index (χ2n) is 2.50. The summed E-state index contributed by atoms with van der Waals surface area (Å²) in [5.41, 5.74) is 2.88. The van der Waals surface area contributed by atoms with Gasteiger partial charge in [0.2, 0.25) is 0 Å². The van der Waals surface area contributed by atoms with Crippen LogP contribution in [0.2, 0.25) is 0 Å². The van der Waals surface area contributed by atoms with Crippen molar-refractivity contribution in [2.24, 2.45) is 0 Å². The number of nitrogens with zero attached hydrogens (tertiary/aromatic N) is 2. The third-order valence-electron chi connectivity index (χ3n) is 1.57. The molecule has 2 aromatic rings. The van der Waals surface area contributed by atoms with Crippen molar-refractivity contribution >= 4 is 11.0 Å². The molecule has 21 heavy (non-hydrogen) atoms. The fourth-order valence-corrected chi connectivity index (χ4v) is 1.05. The zero-order valence-corrected chi connectivity index (χ0v) is 16.3. The Morgan fingerprint density at radius 3 is 1.43 bits per heavy atom. The maximum Gasteiger partial charge on any atom is 0.0889 e. The summed E-state index contributed by atoms with van der Waals surface area (Å²) < 4.78 is 0. The van der Waals surface area contributed by atoms with Crippen LogP contribution in [-0.4, -0.2) is 9.97 Å². The van der Waals surface area contributed by atoms with Crippen molar-refractivity contribution in [3.05, 3.63) is 36.2 Å². The molecule has 0 N–H and O–H groups in total. The van der Waals surface area contributed by atoms with Crippen LogP contribution in [0.3, 0.4) is 0 Å². The van der Waals surface area contributed by atoms with Crippen LogP contribution in [0, 0.1) is 6.92 Å². The highest BCUT2D eigenvalue weighted by Gasteiger charge is 1.92. The van der Waals surface area contributed by atoms with Gasteiger partial charge in [-0.2, -0.15) is 0 Å². The van der Waals surface area contributed by atoms with E-state index < -0.39 is 0 Å². The summed E-state index contributed by atoms with van der Waals surface area (Å²) in [4.78, 5) is 8.53. The van der Waals surface area contributed by atoms with E-state index in [-0.39, 0.29) is 0 Å². The van der Waals surface area contributed by atoms with Crippen molar-refractivity contribution in [1.29, 1.82) is 0 Å². The fraction of sp³-hybridized carbons (Fsp3) is 0.579. The third kappa shape index (κ3) is 14.8. The fourth-order valence-electron chi connectivity index (χ4n) is 1.05. The molecule has 2 rings (SSSR count). The first-order valence-corrected chi connectivity index (χ1v) is 8.55. The molecular formula is C19H38N2. The number of aryl methyl sites for hydroxylation is 1.